The van der Waals surface area contributed by atoms with Crippen LogP contribution < -0.4 is 5.32 Å². The largest absolute Gasteiger partial charge is 0.321 e. The van der Waals surface area contributed by atoms with Gasteiger partial charge >= 0.3 is 0 Å². The molecule has 0 unspecified atom stereocenters. The third kappa shape index (κ3) is 2.50. The predicted octanol–water partition coefficient (Wildman–Crippen LogP) is 2.34. The Hall–Kier alpha value is -2.74. The molecule has 1 aromatic heterocycles. The van der Waals surface area contributed by atoms with Gasteiger partial charge in [0.05, 0.1) is 16.8 Å². The van der Waals surface area contributed by atoms with Crippen molar-refractivity contribution in [3.8, 4) is 6.07 Å². The third-order valence-corrected chi connectivity index (χ3v) is 2.27. The Morgan fingerprint density at radius 3 is 2.89 bits per heavy atom. The van der Waals surface area contributed by atoms with Crippen molar-refractivity contribution in [3.63, 3.8) is 0 Å². The van der Waals surface area contributed by atoms with Gasteiger partial charge in [0.15, 0.2) is 0 Å². The third-order valence-electron chi connectivity index (χ3n) is 2.27. The topological polar surface area (TPSA) is 65.8 Å². The van der Waals surface area contributed by atoms with Crippen LogP contribution in [0.25, 0.3) is 0 Å². The van der Waals surface area contributed by atoms with E-state index in [9.17, 15) is 9.18 Å². The lowest BCUT2D eigenvalue weighted by Gasteiger charge is -2.06. The van der Waals surface area contributed by atoms with E-state index in [0.717, 1.165) is 6.07 Å². The highest BCUT2D eigenvalue weighted by molar-refractivity contribution is 6.04. The average Bonchev–Trinajstić information content (AvgIpc) is 2.41. The van der Waals surface area contributed by atoms with Crippen LogP contribution in [0.15, 0.2) is 42.7 Å². The standard InChI is InChI=1S/C13H8FN3O/c14-11-3-4-12(10(6-11)7-15)17-13(18)9-2-1-5-16-8-9/h1-6,8H,(H,17,18). The van der Waals surface area contributed by atoms with Crippen molar-refractivity contribution in [1.82, 2.24) is 4.98 Å². The first-order valence-electron chi connectivity index (χ1n) is 5.12. The minimum Gasteiger partial charge on any atom is -0.321 e. The normalized spacial score (nSPS) is 9.56. The molecule has 4 nitrogen and oxygen atoms in total. The van der Waals surface area contributed by atoms with Crippen molar-refractivity contribution in [1.29, 1.82) is 5.26 Å². The number of hydrogen-bond acceptors (Lipinski definition) is 3. The van der Waals surface area contributed by atoms with E-state index in [1.54, 1.807) is 18.3 Å². The van der Waals surface area contributed by atoms with Crippen LogP contribution in [0.5, 0.6) is 0 Å². The number of hydrogen-bond donors (Lipinski definition) is 1. The van der Waals surface area contributed by atoms with Gasteiger partial charge < -0.3 is 5.32 Å². The summed E-state index contributed by atoms with van der Waals surface area (Å²) in [6.07, 6.45) is 2.96. The quantitative estimate of drug-likeness (QED) is 0.877. The number of rotatable bonds is 2. The van der Waals surface area contributed by atoms with E-state index in [0.29, 0.717) is 5.56 Å². The fraction of sp³-hybridized carbons (Fsp3) is 0. The van der Waals surface area contributed by atoms with Crippen LogP contribution in [0.4, 0.5) is 10.1 Å². The zero-order chi connectivity index (χ0) is 13.0. The fourth-order valence-corrected chi connectivity index (χ4v) is 1.41. The van der Waals surface area contributed by atoms with E-state index in [2.05, 4.69) is 10.3 Å². The number of halogens is 1. The van der Waals surface area contributed by atoms with Crippen LogP contribution >= 0.6 is 0 Å². The average molecular weight is 241 g/mol. The van der Waals surface area contributed by atoms with Crippen LogP contribution in [0.1, 0.15) is 15.9 Å². The van der Waals surface area contributed by atoms with Gasteiger partial charge in [-0.05, 0) is 30.3 Å². The number of benzene rings is 1. The second-order valence-electron chi connectivity index (χ2n) is 3.50. The molecule has 5 heteroatoms. The molecule has 1 heterocycles. The molecule has 2 rings (SSSR count). The zero-order valence-electron chi connectivity index (χ0n) is 9.22. The maximum Gasteiger partial charge on any atom is 0.257 e. The Kier molecular flexibility index (Phi) is 3.30. The molecule has 0 spiro atoms. The van der Waals surface area contributed by atoms with Gasteiger partial charge in [-0.1, -0.05) is 0 Å². The number of carbonyl (C=O) groups is 1. The molecule has 2 aromatic rings. The molecule has 0 fully saturated rings. The number of anilines is 1. The molecule has 0 bridgehead atoms. The molecule has 0 aliphatic carbocycles. The molecule has 88 valence electrons. The Balaban J connectivity index is 2.25. The summed E-state index contributed by atoms with van der Waals surface area (Å²) >= 11 is 0. The number of nitrogens with zero attached hydrogens (tertiary/aromatic N) is 2. The molecular formula is C13H8FN3O. The number of carbonyl (C=O) groups excluding carboxylic acids is 1. The van der Waals surface area contributed by atoms with Gasteiger partial charge in [-0.3, -0.25) is 9.78 Å². The predicted molar refractivity (Wildman–Crippen MR) is 63.3 cm³/mol. The maximum absolute atomic E-state index is 12.9. The molecule has 0 radical (unpaired) electrons. The van der Waals surface area contributed by atoms with E-state index in [4.69, 9.17) is 5.26 Å². The Morgan fingerprint density at radius 1 is 1.39 bits per heavy atom. The van der Waals surface area contributed by atoms with Crippen LogP contribution in [-0.2, 0) is 0 Å². The zero-order valence-corrected chi connectivity index (χ0v) is 9.22. The minimum atomic E-state index is -0.522. The van der Waals surface area contributed by atoms with Crippen LogP contribution in [0.2, 0.25) is 0 Å². The van der Waals surface area contributed by atoms with Gasteiger partial charge in [-0.15, -0.1) is 0 Å². The number of nitriles is 1. The number of pyridine rings is 1. The number of aromatic nitrogens is 1. The molecule has 18 heavy (non-hydrogen) atoms. The van der Waals surface area contributed by atoms with E-state index < -0.39 is 11.7 Å². The van der Waals surface area contributed by atoms with Crippen molar-refractivity contribution >= 4 is 11.6 Å². The summed E-state index contributed by atoms with van der Waals surface area (Å²) in [5.74, 6) is -0.919. The van der Waals surface area contributed by atoms with Crippen LogP contribution in [0.3, 0.4) is 0 Å². The first-order valence-corrected chi connectivity index (χ1v) is 5.12. The molecule has 1 aromatic carbocycles. The van der Waals surface area contributed by atoms with Crippen molar-refractivity contribution in [3.05, 3.63) is 59.7 Å². The van der Waals surface area contributed by atoms with Gasteiger partial charge in [-0.2, -0.15) is 5.26 Å². The highest BCUT2D eigenvalue weighted by Gasteiger charge is 2.09. The van der Waals surface area contributed by atoms with Gasteiger partial charge in [-0.25, -0.2) is 4.39 Å². The Morgan fingerprint density at radius 2 is 2.22 bits per heavy atom. The monoisotopic (exact) mass is 241 g/mol. The molecule has 0 saturated carbocycles. The second kappa shape index (κ2) is 5.06. The summed E-state index contributed by atoms with van der Waals surface area (Å²) in [7, 11) is 0. The van der Waals surface area contributed by atoms with Crippen molar-refractivity contribution in [2.75, 3.05) is 5.32 Å². The number of nitrogens with one attached hydrogen (secondary N) is 1. The van der Waals surface area contributed by atoms with Crippen LogP contribution in [-0.4, -0.2) is 10.9 Å². The summed E-state index contributed by atoms with van der Waals surface area (Å²) in [4.78, 5) is 15.6. The summed E-state index contributed by atoms with van der Waals surface area (Å²) in [5, 5.41) is 11.4. The Labute approximate surface area is 103 Å². The van der Waals surface area contributed by atoms with Gasteiger partial charge in [0.2, 0.25) is 0 Å². The number of amides is 1. The van der Waals surface area contributed by atoms with E-state index >= 15 is 0 Å². The molecule has 0 atom stereocenters. The molecule has 1 N–H and O–H groups in total. The maximum atomic E-state index is 12.9. The minimum absolute atomic E-state index is 0.0761. The smallest absolute Gasteiger partial charge is 0.257 e. The van der Waals surface area contributed by atoms with E-state index in [-0.39, 0.29) is 11.3 Å². The summed E-state index contributed by atoms with van der Waals surface area (Å²) in [6, 6.07) is 8.65. The van der Waals surface area contributed by atoms with E-state index in [1.165, 1.54) is 18.3 Å². The SMILES string of the molecule is N#Cc1cc(F)ccc1NC(=O)c1cccnc1. The summed E-state index contributed by atoms with van der Waals surface area (Å²) in [6.45, 7) is 0. The van der Waals surface area contributed by atoms with Crippen LogP contribution in [0, 0.1) is 17.1 Å². The first kappa shape index (κ1) is 11.7. The van der Waals surface area contributed by atoms with Crippen molar-refractivity contribution < 1.29 is 9.18 Å². The summed E-state index contributed by atoms with van der Waals surface area (Å²) < 4.78 is 12.9. The second-order valence-corrected chi connectivity index (χ2v) is 3.50. The van der Waals surface area contributed by atoms with Crippen molar-refractivity contribution in [2.24, 2.45) is 0 Å². The van der Waals surface area contributed by atoms with Crippen molar-refractivity contribution in [2.45, 2.75) is 0 Å². The molecule has 1 amide bonds. The highest BCUT2D eigenvalue weighted by atomic mass is 19.1. The highest BCUT2D eigenvalue weighted by Crippen LogP contribution is 2.16. The lowest BCUT2D eigenvalue weighted by atomic mass is 10.1. The molecule has 0 aliphatic rings. The lowest BCUT2D eigenvalue weighted by Crippen LogP contribution is -2.13. The Bertz CT molecular complexity index is 620. The molecule has 0 saturated heterocycles. The van der Waals surface area contributed by atoms with Gasteiger partial charge in [0, 0.05) is 12.4 Å². The fourth-order valence-electron chi connectivity index (χ4n) is 1.41. The lowest BCUT2D eigenvalue weighted by molar-refractivity contribution is 0.102. The van der Waals surface area contributed by atoms with Gasteiger partial charge in [0.1, 0.15) is 11.9 Å². The van der Waals surface area contributed by atoms with E-state index in [1.807, 2.05) is 6.07 Å². The first-order chi connectivity index (χ1) is 8.70. The summed E-state index contributed by atoms with van der Waals surface area (Å²) in [5.41, 5.74) is 0.714. The molecule has 0 aliphatic heterocycles. The molecular weight excluding hydrogens is 233 g/mol. The van der Waals surface area contributed by atoms with Gasteiger partial charge in [0.25, 0.3) is 5.91 Å².